The number of aryl methyl sites for hydroxylation is 1. The molecule has 0 radical (unpaired) electrons. The highest BCUT2D eigenvalue weighted by Crippen LogP contribution is 2.19. The number of aromatic nitrogens is 2. The average molecular weight is 231 g/mol. The summed E-state index contributed by atoms with van der Waals surface area (Å²) < 4.78 is 2.02. The molecule has 0 spiro atoms. The maximum atomic E-state index is 10.1. The van der Waals surface area contributed by atoms with E-state index < -0.39 is 6.10 Å². The SMILES string of the molecule is CCn1ccnc1CC(O)c1cccc(N)c1. The van der Waals surface area contributed by atoms with Gasteiger partial charge in [-0.2, -0.15) is 0 Å². The van der Waals surface area contributed by atoms with E-state index in [-0.39, 0.29) is 0 Å². The van der Waals surface area contributed by atoms with Gasteiger partial charge in [-0.05, 0) is 24.6 Å². The van der Waals surface area contributed by atoms with Crippen molar-refractivity contribution in [3.63, 3.8) is 0 Å². The van der Waals surface area contributed by atoms with Crippen molar-refractivity contribution in [2.75, 3.05) is 5.73 Å². The molecule has 1 aromatic carbocycles. The molecule has 0 fully saturated rings. The fourth-order valence-corrected chi connectivity index (χ4v) is 1.87. The van der Waals surface area contributed by atoms with Gasteiger partial charge in [-0.15, -0.1) is 0 Å². The largest absolute Gasteiger partial charge is 0.399 e. The minimum atomic E-state index is -0.564. The fourth-order valence-electron chi connectivity index (χ4n) is 1.87. The molecule has 0 saturated heterocycles. The third-order valence-corrected chi connectivity index (χ3v) is 2.81. The summed E-state index contributed by atoms with van der Waals surface area (Å²) in [6.07, 6.45) is 3.61. The number of anilines is 1. The van der Waals surface area contributed by atoms with Gasteiger partial charge in [0.25, 0.3) is 0 Å². The molecule has 0 saturated carbocycles. The Morgan fingerprint density at radius 3 is 3.00 bits per heavy atom. The number of nitrogens with two attached hydrogens (primary N) is 1. The Labute approximate surface area is 101 Å². The highest BCUT2D eigenvalue weighted by Gasteiger charge is 2.12. The summed E-state index contributed by atoms with van der Waals surface area (Å²) in [6, 6.07) is 7.33. The Kier molecular flexibility index (Phi) is 3.44. The minimum absolute atomic E-state index is 0.504. The van der Waals surface area contributed by atoms with E-state index in [0.717, 1.165) is 17.9 Å². The van der Waals surface area contributed by atoms with E-state index >= 15 is 0 Å². The molecule has 4 nitrogen and oxygen atoms in total. The molecule has 1 unspecified atom stereocenters. The molecule has 1 aromatic heterocycles. The van der Waals surface area contributed by atoms with E-state index in [0.29, 0.717) is 12.1 Å². The first-order chi connectivity index (χ1) is 8.20. The molecular formula is C13H17N3O. The van der Waals surface area contributed by atoms with Crippen molar-refractivity contribution >= 4 is 5.69 Å². The smallest absolute Gasteiger partial charge is 0.111 e. The normalized spacial score (nSPS) is 12.6. The van der Waals surface area contributed by atoms with Crippen molar-refractivity contribution in [3.8, 4) is 0 Å². The van der Waals surface area contributed by atoms with Crippen molar-refractivity contribution in [2.45, 2.75) is 26.0 Å². The number of nitrogens with zero attached hydrogens (tertiary/aromatic N) is 2. The number of aliphatic hydroxyl groups is 1. The second-order valence-corrected chi connectivity index (χ2v) is 4.02. The summed E-state index contributed by atoms with van der Waals surface area (Å²) in [5.74, 6) is 0.891. The van der Waals surface area contributed by atoms with Crippen molar-refractivity contribution in [1.82, 2.24) is 9.55 Å². The van der Waals surface area contributed by atoms with E-state index in [4.69, 9.17) is 5.73 Å². The highest BCUT2D eigenvalue weighted by molar-refractivity contribution is 5.41. The first kappa shape index (κ1) is 11.7. The summed E-state index contributed by atoms with van der Waals surface area (Å²) >= 11 is 0. The van der Waals surface area contributed by atoms with Gasteiger partial charge in [-0.3, -0.25) is 0 Å². The molecule has 2 rings (SSSR count). The number of hydrogen-bond acceptors (Lipinski definition) is 3. The van der Waals surface area contributed by atoms with Gasteiger partial charge in [0.15, 0.2) is 0 Å². The van der Waals surface area contributed by atoms with Crippen LogP contribution in [0.1, 0.15) is 24.4 Å². The van der Waals surface area contributed by atoms with Crippen LogP contribution >= 0.6 is 0 Å². The Bertz CT molecular complexity index is 493. The van der Waals surface area contributed by atoms with Gasteiger partial charge in [-0.25, -0.2) is 4.98 Å². The van der Waals surface area contributed by atoms with Crippen molar-refractivity contribution < 1.29 is 5.11 Å². The van der Waals surface area contributed by atoms with Gasteiger partial charge < -0.3 is 15.4 Å². The number of aliphatic hydroxyl groups excluding tert-OH is 1. The zero-order valence-electron chi connectivity index (χ0n) is 9.87. The van der Waals surface area contributed by atoms with Crippen molar-refractivity contribution in [2.24, 2.45) is 0 Å². The third-order valence-electron chi connectivity index (χ3n) is 2.81. The summed E-state index contributed by atoms with van der Waals surface area (Å²) in [5.41, 5.74) is 7.19. The number of rotatable bonds is 4. The molecule has 90 valence electrons. The van der Waals surface area contributed by atoms with Crippen LogP contribution in [-0.2, 0) is 13.0 Å². The lowest BCUT2D eigenvalue weighted by atomic mass is 10.1. The predicted octanol–water partition coefficient (Wildman–Crippen LogP) is 1.76. The van der Waals surface area contributed by atoms with Crippen LogP contribution in [0.4, 0.5) is 5.69 Å². The van der Waals surface area contributed by atoms with Crippen LogP contribution in [0, 0.1) is 0 Å². The van der Waals surface area contributed by atoms with Gasteiger partial charge in [0.2, 0.25) is 0 Å². The molecule has 1 atom stereocenters. The molecule has 17 heavy (non-hydrogen) atoms. The number of benzene rings is 1. The van der Waals surface area contributed by atoms with Crippen LogP contribution < -0.4 is 5.73 Å². The van der Waals surface area contributed by atoms with Gasteiger partial charge in [0.1, 0.15) is 5.82 Å². The molecule has 0 aliphatic rings. The van der Waals surface area contributed by atoms with Crippen LogP contribution in [0.2, 0.25) is 0 Å². The van der Waals surface area contributed by atoms with Crippen molar-refractivity contribution in [1.29, 1.82) is 0 Å². The Morgan fingerprint density at radius 2 is 2.29 bits per heavy atom. The summed E-state index contributed by atoms with van der Waals surface area (Å²) in [6.45, 7) is 2.91. The predicted molar refractivity (Wildman–Crippen MR) is 67.4 cm³/mol. The number of nitrogen functional groups attached to an aromatic ring is 1. The molecule has 3 N–H and O–H groups in total. The Morgan fingerprint density at radius 1 is 1.47 bits per heavy atom. The molecule has 0 aliphatic heterocycles. The topological polar surface area (TPSA) is 64.1 Å². The Balaban J connectivity index is 2.14. The van der Waals surface area contributed by atoms with Crippen LogP contribution in [0.15, 0.2) is 36.7 Å². The van der Waals surface area contributed by atoms with Crippen LogP contribution in [-0.4, -0.2) is 14.7 Å². The summed E-state index contributed by atoms with van der Waals surface area (Å²) in [7, 11) is 0. The van der Waals surface area contributed by atoms with Crippen molar-refractivity contribution in [3.05, 3.63) is 48.0 Å². The number of hydrogen-bond donors (Lipinski definition) is 2. The average Bonchev–Trinajstić information content (AvgIpc) is 2.76. The van der Waals surface area contributed by atoms with Crippen LogP contribution in [0.25, 0.3) is 0 Å². The molecule has 1 heterocycles. The molecule has 0 bridgehead atoms. The first-order valence-corrected chi connectivity index (χ1v) is 5.74. The van der Waals surface area contributed by atoms with E-state index in [9.17, 15) is 5.11 Å². The lowest BCUT2D eigenvalue weighted by Crippen LogP contribution is -2.08. The standard InChI is InChI=1S/C13H17N3O/c1-2-16-7-6-15-13(16)9-12(17)10-4-3-5-11(14)8-10/h3-8,12,17H,2,9,14H2,1H3. The molecule has 0 amide bonds. The second kappa shape index (κ2) is 5.01. The van der Waals surface area contributed by atoms with Gasteiger partial charge >= 0.3 is 0 Å². The van der Waals surface area contributed by atoms with E-state index in [1.165, 1.54) is 0 Å². The fraction of sp³-hybridized carbons (Fsp3) is 0.308. The summed E-state index contributed by atoms with van der Waals surface area (Å²) in [4.78, 5) is 4.25. The van der Waals surface area contributed by atoms with Crippen LogP contribution in [0.3, 0.4) is 0 Å². The monoisotopic (exact) mass is 231 g/mol. The zero-order valence-corrected chi connectivity index (χ0v) is 9.87. The van der Waals surface area contributed by atoms with E-state index in [2.05, 4.69) is 11.9 Å². The Hall–Kier alpha value is -1.81. The lowest BCUT2D eigenvalue weighted by molar-refractivity contribution is 0.174. The number of imidazole rings is 1. The maximum absolute atomic E-state index is 10.1. The first-order valence-electron chi connectivity index (χ1n) is 5.74. The lowest BCUT2D eigenvalue weighted by Gasteiger charge is -2.12. The third kappa shape index (κ3) is 2.65. The van der Waals surface area contributed by atoms with E-state index in [1.54, 1.807) is 12.3 Å². The maximum Gasteiger partial charge on any atom is 0.111 e. The quantitative estimate of drug-likeness (QED) is 0.788. The molecule has 4 heteroatoms. The van der Waals surface area contributed by atoms with Crippen LogP contribution in [0.5, 0.6) is 0 Å². The molecule has 0 aliphatic carbocycles. The van der Waals surface area contributed by atoms with Gasteiger partial charge in [-0.1, -0.05) is 12.1 Å². The minimum Gasteiger partial charge on any atom is -0.399 e. The molecular weight excluding hydrogens is 214 g/mol. The zero-order chi connectivity index (χ0) is 12.3. The van der Waals surface area contributed by atoms with E-state index in [1.807, 2.05) is 29.0 Å². The highest BCUT2D eigenvalue weighted by atomic mass is 16.3. The van der Waals surface area contributed by atoms with Gasteiger partial charge in [0, 0.05) is 31.0 Å². The summed E-state index contributed by atoms with van der Waals surface area (Å²) in [5, 5.41) is 10.1. The second-order valence-electron chi connectivity index (χ2n) is 4.02. The van der Waals surface area contributed by atoms with Gasteiger partial charge in [0.05, 0.1) is 6.10 Å². The molecule has 2 aromatic rings.